The number of likely N-dealkylation sites (N-methyl/N-ethyl adjacent to an activating group) is 1. The van der Waals surface area contributed by atoms with Crippen molar-refractivity contribution in [2.24, 2.45) is 0 Å². The van der Waals surface area contributed by atoms with Crippen LogP contribution >= 0.6 is 0 Å². The minimum Gasteiger partial charge on any atom is -0.480 e. The van der Waals surface area contributed by atoms with Crippen LogP contribution in [0.5, 0.6) is 0 Å². The Kier molecular flexibility index (Phi) is 3.65. The Hall–Kier alpha value is -1.14. The second kappa shape index (κ2) is 4.59. The summed E-state index contributed by atoms with van der Waals surface area (Å²) in [5.74, 6) is -1.36. The molecule has 1 unspecified atom stereocenters. The van der Waals surface area contributed by atoms with Gasteiger partial charge in [0.25, 0.3) is 0 Å². The molecule has 0 aromatic carbocycles. The van der Waals surface area contributed by atoms with Gasteiger partial charge in [-0.1, -0.05) is 0 Å². The van der Waals surface area contributed by atoms with Crippen LogP contribution in [0.15, 0.2) is 0 Å². The SMILES string of the molecule is CNC(C)C(=O)N1C[C@@H](O)C[C@H]1C(=O)O. The summed E-state index contributed by atoms with van der Waals surface area (Å²) >= 11 is 0. The van der Waals surface area contributed by atoms with Gasteiger partial charge in [0, 0.05) is 13.0 Å². The molecule has 15 heavy (non-hydrogen) atoms. The third kappa shape index (κ3) is 2.45. The first-order valence-electron chi connectivity index (χ1n) is 4.86. The van der Waals surface area contributed by atoms with Gasteiger partial charge < -0.3 is 20.4 Å². The molecule has 1 saturated heterocycles. The first-order chi connectivity index (χ1) is 6.97. The van der Waals surface area contributed by atoms with Crippen LogP contribution in [0.1, 0.15) is 13.3 Å². The number of carbonyl (C=O) groups excluding carboxylic acids is 1. The molecular weight excluding hydrogens is 200 g/mol. The van der Waals surface area contributed by atoms with Gasteiger partial charge in [0.1, 0.15) is 6.04 Å². The van der Waals surface area contributed by atoms with Crippen LogP contribution in [-0.2, 0) is 9.59 Å². The maximum Gasteiger partial charge on any atom is 0.326 e. The molecule has 1 aliphatic rings. The maximum atomic E-state index is 11.7. The number of hydrogen-bond acceptors (Lipinski definition) is 4. The fourth-order valence-electron chi connectivity index (χ4n) is 1.66. The van der Waals surface area contributed by atoms with Crippen LogP contribution in [0.2, 0.25) is 0 Å². The highest BCUT2D eigenvalue weighted by Crippen LogP contribution is 2.18. The van der Waals surface area contributed by atoms with Crippen molar-refractivity contribution in [2.75, 3.05) is 13.6 Å². The molecule has 3 atom stereocenters. The Morgan fingerprint density at radius 2 is 2.13 bits per heavy atom. The summed E-state index contributed by atoms with van der Waals surface area (Å²) in [5, 5.41) is 21.0. The molecule has 0 aromatic rings. The molecule has 1 heterocycles. The van der Waals surface area contributed by atoms with Crippen LogP contribution < -0.4 is 5.32 Å². The lowest BCUT2D eigenvalue weighted by Crippen LogP contribution is -2.48. The first-order valence-corrected chi connectivity index (χ1v) is 4.86. The van der Waals surface area contributed by atoms with Crippen molar-refractivity contribution in [3.8, 4) is 0 Å². The highest BCUT2D eigenvalue weighted by molar-refractivity contribution is 5.87. The molecule has 6 heteroatoms. The molecule has 0 bridgehead atoms. The number of carboxylic acids is 1. The van der Waals surface area contributed by atoms with Gasteiger partial charge in [0.05, 0.1) is 12.1 Å². The zero-order valence-corrected chi connectivity index (χ0v) is 8.80. The standard InChI is InChI=1S/C9H16N2O4/c1-5(10-2)8(13)11-4-6(12)3-7(11)9(14)15/h5-7,10,12H,3-4H2,1-2H3,(H,14,15)/t5?,6-,7-/m0/s1. The van der Waals surface area contributed by atoms with E-state index < -0.39 is 24.2 Å². The van der Waals surface area contributed by atoms with Crippen molar-refractivity contribution in [3.63, 3.8) is 0 Å². The normalized spacial score (nSPS) is 27.8. The number of aliphatic carboxylic acids is 1. The molecule has 0 spiro atoms. The molecule has 0 aliphatic carbocycles. The van der Waals surface area contributed by atoms with Crippen LogP contribution in [0.4, 0.5) is 0 Å². The lowest BCUT2D eigenvalue weighted by Gasteiger charge is -2.24. The predicted molar refractivity (Wildman–Crippen MR) is 52.3 cm³/mol. The summed E-state index contributed by atoms with van der Waals surface area (Å²) < 4.78 is 0. The van der Waals surface area contributed by atoms with Crippen molar-refractivity contribution < 1.29 is 19.8 Å². The first kappa shape index (κ1) is 11.9. The number of rotatable bonds is 3. The van der Waals surface area contributed by atoms with E-state index in [2.05, 4.69) is 5.32 Å². The van der Waals surface area contributed by atoms with E-state index in [0.29, 0.717) is 0 Å². The monoisotopic (exact) mass is 216 g/mol. The van der Waals surface area contributed by atoms with Crippen molar-refractivity contribution in [2.45, 2.75) is 31.5 Å². The average Bonchev–Trinajstić information content (AvgIpc) is 2.58. The van der Waals surface area contributed by atoms with Crippen molar-refractivity contribution in [1.82, 2.24) is 10.2 Å². The molecule has 3 N–H and O–H groups in total. The van der Waals surface area contributed by atoms with Gasteiger partial charge in [-0.15, -0.1) is 0 Å². The van der Waals surface area contributed by atoms with Gasteiger partial charge in [-0.05, 0) is 14.0 Å². The van der Waals surface area contributed by atoms with Crippen molar-refractivity contribution in [1.29, 1.82) is 0 Å². The van der Waals surface area contributed by atoms with E-state index >= 15 is 0 Å². The number of amides is 1. The lowest BCUT2D eigenvalue weighted by molar-refractivity contribution is -0.148. The second-order valence-electron chi connectivity index (χ2n) is 3.74. The molecule has 1 amide bonds. The van der Waals surface area contributed by atoms with E-state index in [1.165, 1.54) is 4.90 Å². The third-order valence-electron chi connectivity index (χ3n) is 2.65. The molecule has 0 saturated carbocycles. The Labute approximate surface area is 87.9 Å². The number of β-amino-alcohol motifs (C(OH)–C–C–N with tert-alkyl or cyclic N) is 1. The summed E-state index contributed by atoms with van der Waals surface area (Å²) in [5.41, 5.74) is 0. The average molecular weight is 216 g/mol. The van der Waals surface area contributed by atoms with Gasteiger partial charge in [-0.25, -0.2) is 4.79 Å². The van der Waals surface area contributed by atoms with E-state index in [0.717, 1.165) is 0 Å². The maximum absolute atomic E-state index is 11.7. The Bertz CT molecular complexity index is 269. The van der Waals surface area contributed by atoms with E-state index in [-0.39, 0.29) is 18.9 Å². The molecular formula is C9H16N2O4. The fraction of sp³-hybridized carbons (Fsp3) is 0.778. The molecule has 1 rings (SSSR count). The quantitative estimate of drug-likeness (QED) is 0.542. The number of carboxylic acid groups (broad SMARTS) is 1. The molecule has 6 nitrogen and oxygen atoms in total. The highest BCUT2D eigenvalue weighted by Gasteiger charge is 2.39. The summed E-state index contributed by atoms with van der Waals surface area (Å²) in [7, 11) is 1.63. The van der Waals surface area contributed by atoms with Crippen LogP contribution in [0, 0.1) is 0 Å². The van der Waals surface area contributed by atoms with Crippen LogP contribution in [-0.4, -0.2) is 58.8 Å². The van der Waals surface area contributed by atoms with Gasteiger partial charge in [0.15, 0.2) is 0 Å². The Morgan fingerprint density at radius 1 is 1.53 bits per heavy atom. The van der Waals surface area contributed by atoms with Gasteiger partial charge >= 0.3 is 5.97 Å². The van der Waals surface area contributed by atoms with Gasteiger partial charge in [-0.3, -0.25) is 4.79 Å². The fourth-order valence-corrected chi connectivity index (χ4v) is 1.66. The third-order valence-corrected chi connectivity index (χ3v) is 2.65. The summed E-state index contributed by atoms with van der Waals surface area (Å²) in [6, 6.07) is -1.33. The Balaban J connectivity index is 2.75. The molecule has 0 aromatic heterocycles. The van der Waals surface area contributed by atoms with E-state index in [9.17, 15) is 14.7 Å². The molecule has 1 fully saturated rings. The summed E-state index contributed by atoms with van der Waals surface area (Å²) in [6.45, 7) is 1.76. The number of carbonyl (C=O) groups is 2. The minimum absolute atomic E-state index is 0.0990. The molecule has 0 radical (unpaired) electrons. The Morgan fingerprint density at radius 3 is 2.60 bits per heavy atom. The molecule has 86 valence electrons. The second-order valence-corrected chi connectivity index (χ2v) is 3.74. The lowest BCUT2D eigenvalue weighted by atomic mass is 10.2. The molecule has 1 aliphatic heterocycles. The zero-order valence-electron chi connectivity index (χ0n) is 8.80. The number of nitrogens with zero attached hydrogens (tertiary/aromatic N) is 1. The smallest absolute Gasteiger partial charge is 0.326 e. The largest absolute Gasteiger partial charge is 0.480 e. The van der Waals surface area contributed by atoms with Crippen molar-refractivity contribution >= 4 is 11.9 Å². The summed E-state index contributed by atoms with van der Waals surface area (Å²) in [6.07, 6.45) is -0.628. The number of likely N-dealkylation sites (tertiary alicyclic amines) is 1. The zero-order chi connectivity index (χ0) is 11.6. The highest BCUT2D eigenvalue weighted by atomic mass is 16.4. The van der Waals surface area contributed by atoms with E-state index in [1.54, 1.807) is 14.0 Å². The number of nitrogens with one attached hydrogen (secondary N) is 1. The number of aliphatic hydroxyl groups excluding tert-OH is 1. The van der Waals surface area contributed by atoms with Gasteiger partial charge in [0.2, 0.25) is 5.91 Å². The number of aliphatic hydroxyl groups is 1. The predicted octanol–water partition coefficient (Wildman–Crippen LogP) is -1.36. The minimum atomic E-state index is -1.07. The van der Waals surface area contributed by atoms with Gasteiger partial charge in [-0.2, -0.15) is 0 Å². The summed E-state index contributed by atoms with van der Waals surface area (Å²) in [4.78, 5) is 23.8. The topological polar surface area (TPSA) is 89.9 Å². The van der Waals surface area contributed by atoms with Crippen LogP contribution in [0.3, 0.4) is 0 Å². The van der Waals surface area contributed by atoms with E-state index in [1.807, 2.05) is 0 Å². The number of hydrogen-bond donors (Lipinski definition) is 3. The van der Waals surface area contributed by atoms with Crippen LogP contribution in [0.25, 0.3) is 0 Å². The van der Waals surface area contributed by atoms with E-state index in [4.69, 9.17) is 5.11 Å². The van der Waals surface area contributed by atoms with Crippen molar-refractivity contribution in [3.05, 3.63) is 0 Å².